The SMILES string of the molecule is O=C([O-])c1ncccc1-c1ccccc1.O=C([O-])c1ncccc1-c1ccccc1.O=C([O-])c1ncccc1-c1ccccc1.[Ir+3]. The van der Waals surface area contributed by atoms with Gasteiger partial charge >= 0.3 is 20.1 Å². The molecule has 0 aliphatic carbocycles. The van der Waals surface area contributed by atoms with E-state index in [1.54, 1.807) is 36.4 Å². The van der Waals surface area contributed by atoms with Gasteiger partial charge in [0.2, 0.25) is 0 Å². The minimum absolute atomic E-state index is 0. The third-order valence-corrected chi connectivity index (χ3v) is 6.26. The van der Waals surface area contributed by atoms with Crippen LogP contribution in [-0.2, 0) is 20.1 Å². The summed E-state index contributed by atoms with van der Waals surface area (Å²) in [5.74, 6) is -3.77. The molecule has 3 aromatic heterocycles. The van der Waals surface area contributed by atoms with E-state index < -0.39 is 17.9 Å². The van der Waals surface area contributed by atoms with Crippen LogP contribution in [0.1, 0.15) is 31.5 Å². The summed E-state index contributed by atoms with van der Waals surface area (Å²) in [4.78, 5) is 43.8. The number of carbonyl (C=O) groups excluding carboxylic acids is 3. The average molecular weight is 787 g/mol. The fourth-order valence-electron chi connectivity index (χ4n) is 4.26. The van der Waals surface area contributed by atoms with Gasteiger partial charge in [0.05, 0.1) is 35.0 Å². The molecular formula is C36H24IrN3O6. The third kappa shape index (κ3) is 9.33. The number of hydrogen-bond acceptors (Lipinski definition) is 9. The van der Waals surface area contributed by atoms with Gasteiger partial charge in [-0.2, -0.15) is 0 Å². The number of rotatable bonds is 6. The first-order valence-electron chi connectivity index (χ1n) is 13.5. The second-order valence-corrected chi connectivity index (χ2v) is 9.16. The average Bonchev–Trinajstić information content (AvgIpc) is 3.10. The molecule has 3 heterocycles. The zero-order valence-corrected chi connectivity index (χ0v) is 26.4. The van der Waals surface area contributed by atoms with Crippen LogP contribution in [0.25, 0.3) is 33.4 Å². The van der Waals surface area contributed by atoms with Crippen molar-refractivity contribution in [2.45, 2.75) is 0 Å². The number of aromatic nitrogens is 3. The summed E-state index contributed by atoms with van der Waals surface area (Å²) in [7, 11) is 0. The van der Waals surface area contributed by atoms with E-state index in [0.29, 0.717) is 16.7 Å². The fourth-order valence-corrected chi connectivity index (χ4v) is 4.26. The van der Waals surface area contributed by atoms with Gasteiger partial charge in [-0.25, -0.2) is 0 Å². The number of carboxylic acids is 3. The van der Waals surface area contributed by atoms with Crippen LogP contribution >= 0.6 is 0 Å². The van der Waals surface area contributed by atoms with Crippen LogP contribution in [0.2, 0.25) is 0 Å². The molecule has 0 fully saturated rings. The fraction of sp³-hybridized carbons (Fsp3) is 0. The summed E-state index contributed by atoms with van der Waals surface area (Å²) in [6.45, 7) is 0. The molecule has 46 heavy (non-hydrogen) atoms. The van der Waals surface area contributed by atoms with Crippen molar-refractivity contribution in [3.05, 3.63) is 163 Å². The van der Waals surface area contributed by atoms with E-state index in [4.69, 9.17) is 0 Å². The Hall–Kier alpha value is -5.83. The Labute approximate surface area is 278 Å². The number of benzene rings is 3. The molecule has 6 aromatic rings. The number of pyridine rings is 3. The molecular weight excluding hydrogens is 763 g/mol. The number of carboxylic acid groups (broad SMARTS) is 3. The molecule has 0 saturated carbocycles. The van der Waals surface area contributed by atoms with Crippen LogP contribution in [0, 0.1) is 0 Å². The van der Waals surface area contributed by atoms with E-state index in [-0.39, 0.29) is 37.2 Å². The molecule has 0 bridgehead atoms. The molecule has 9 nitrogen and oxygen atoms in total. The molecule has 0 aliphatic rings. The predicted molar refractivity (Wildman–Crippen MR) is 162 cm³/mol. The minimum Gasteiger partial charge on any atom is -0.543 e. The molecule has 0 saturated heterocycles. The summed E-state index contributed by atoms with van der Waals surface area (Å²) in [5, 5.41) is 32.5. The van der Waals surface area contributed by atoms with E-state index >= 15 is 0 Å². The van der Waals surface area contributed by atoms with Gasteiger partial charge in [-0.1, -0.05) is 109 Å². The Morgan fingerprint density at radius 1 is 0.370 bits per heavy atom. The van der Waals surface area contributed by atoms with Crippen LogP contribution < -0.4 is 15.3 Å². The molecule has 0 unspecified atom stereocenters. The zero-order valence-electron chi connectivity index (χ0n) is 24.0. The first kappa shape index (κ1) is 34.7. The van der Waals surface area contributed by atoms with E-state index in [2.05, 4.69) is 15.0 Å². The molecule has 10 heteroatoms. The third-order valence-electron chi connectivity index (χ3n) is 6.26. The van der Waals surface area contributed by atoms with Crippen molar-refractivity contribution in [2.75, 3.05) is 0 Å². The normalized spacial score (nSPS) is 9.65. The summed E-state index contributed by atoms with van der Waals surface area (Å²) in [6.07, 6.45) is 4.33. The Morgan fingerprint density at radius 3 is 0.826 bits per heavy atom. The zero-order chi connectivity index (χ0) is 32.0. The number of nitrogens with zero attached hydrogens (tertiary/aromatic N) is 3. The van der Waals surface area contributed by atoms with Gasteiger partial charge in [0, 0.05) is 35.3 Å². The van der Waals surface area contributed by atoms with Crippen molar-refractivity contribution >= 4 is 17.9 Å². The topological polar surface area (TPSA) is 159 Å². The summed E-state index contributed by atoms with van der Waals surface area (Å²) in [5.41, 5.74) is 4.14. The molecule has 0 aliphatic heterocycles. The maximum Gasteiger partial charge on any atom is 3.00 e. The Bertz CT molecular complexity index is 1670. The van der Waals surface area contributed by atoms with Crippen molar-refractivity contribution in [2.24, 2.45) is 0 Å². The van der Waals surface area contributed by atoms with E-state index in [0.717, 1.165) is 16.7 Å². The summed E-state index contributed by atoms with van der Waals surface area (Å²) >= 11 is 0. The maximum absolute atomic E-state index is 10.8. The van der Waals surface area contributed by atoms with Gasteiger partial charge in [-0.3, -0.25) is 15.0 Å². The second-order valence-electron chi connectivity index (χ2n) is 9.16. The molecule has 0 radical (unpaired) electrons. The van der Waals surface area contributed by atoms with E-state index in [1.807, 2.05) is 91.0 Å². The second kappa shape index (κ2) is 17.5. The van der Waals surface area contributed by atoms with Crippen molar-refractivity contribution in [3.63, 3.8) is 0 Å². The van der Waals surface area contributed by atoms with Crippen molar-refractivity contribution in [1.29, 1.82) is 0 Å². The molecule has 0 spiro atoms. The number of hydrogen-bond donors (Lipinski definition) is 0. The number of aromatic carboxylic acids is 3. The molecule has 3 aromatic carbocycles. The van der Waals surface area contributed by atoms with Crippen LogP contribution in [0.4, 0.5) is 0 Å². The van der Waals surface area contributed by atoms with Crippen LogP contribution in [0.5, 0.6) is 0 Å². The van der Waals surface area contributed by atoms with Gasteiger partial charge < -0.3 is 29.7 Å². The quantitative estimate of drug-likeness (QED) is 0.247. The van der Waals surface area contributed by atoms with Gasteiger partial charge in [0.15, 0.2) is 0 Å². The Morgan fingerprint density at radius 2 is 0.609 bits per heavy atom. The summed E-state index contributed by atoms with van der Waals surface area (Å²) < 4.78 is 0. The standard InChI is InChI=1S/3C12H9NO2.Ir/c3*14-12(15)11-10(7-4-8-13-11)9-5-2-1-3-6-9;/h3*1-8H,(H,14,15);/q;;;+3/p-3. The van der Waals surface area contributed by atoms with Crippen LogP contribution in [0.3, 0.4) is 0 Å². The first-order valence-corrected chi connectivity index (χ1v) is 13.5. The number of carbonyl (C=O) groups is 3. The van der Waals surface area contributed by atoms with E-state index in [1.165, 1.54) is 18.6 Å². The van der Waals surface area contributed by atoms with Crippen molar-refractivity contribution < 1.29 is 49.8 Å². The summed E-state index contributed by atoms with van der Waals surface area (Å²) in [6, 6.07) is 38.0. The van der Waals surface area contributed by atoms with Gasteiger partial charge in [-0.05, 0) is 34.9 Å². The van der Waals surface area contributed by atoms with E-state index in [9.17, 15) is 29.7 Å². The molecule has 0 atom stereocenters. The Kier molecular flexibility index (Phi) is 13.2. The Balaban J connectivity index is 0.000000186. The van der Waals surface area contributed by atoms with Gasteiger partial charge in [0.25, 0.3) is 0 Å². The van der Waals surface area contributed by atoms with Crippen LogP contribution in [0.15, 0.2) is 146 Å². The smallest absolute Gasteiger partial charge is 0.543 e. The largest absolute Gasteiger partial charge is 3.00 e. The van der Waals surface area contributed by atoms with Gasteiger partial charge in [-0.15, -0.1) is 0 Å². The molecule has 6 rings (SSSR count). The minimum atomic E-state index is -1.26. The predicted octanol–water partition coefficient (Wildman–Crippen LogP) is 3.33. The van der Waals surface area contributed by atoms with Gasteiger partial charge in [0.1, 0.15) is 0 Å². The first-order chi connectivity index (χ1) is 21.9. The molecule has 228 valence electrons. The molecule has 0 N–H and O–H groups in total. The van der Waals surface area contributed by atoms with Crippen molar-refractivity contribution in [1.82, 2.24) is 15.0 Å². The van der Waals surface area contributed by atoms with Crippen LogP contribution in [-0.4, -0.2) is 32.9 Å². The maximum atomic E-state index is 10.8. The van der Waals surface area contributed by atoms with Crippen molar-refractivity contribution in [3.8, 4) is 33.4 Å². The molecule has 0 amide bonds. The monoisotopic (exact) mass is 787 g/mol.